The molecule has 6 nitrogen and oxygen atoms in total. The van der Waals surface area contributed by atoms with Gasteiger partial charge in [-0.3, -0.25) is 0 Å². The van der Waals surface area contributed by atoms with Crippen LogP contribution in [-0.2, 0) is 11.2 Å². The molecule has 0 bridgehead atoms. The van der Waals surface area contributed by atoms with E-state index in [0.717, 1.165) is 11.8 Å². The minimum atomic E-state index is -1.07. The number of aromatic nitrogens is 2. The van der Waals surface area contributed by atoms with Gasteiger partial charge in [0.15, 0.2) is 0 Å². The lowest BCUT2D eigenvalue weighted by Gasteiger charge is -2.03. The first-order chi connectivity index (χ1) is 11.1. The highest BCUT2D eigenvalue weighted by molar-refractivity contribution is 8.03. The van der Waals surface area contributed by atoms with Crippen molar-refractivity contribution in [3.05, 3.63) is 40.6 Å². The maximum Gasteiger partial charge on any atom is 0.342 e. The normalized spacial score (nSPS) is 11.0. The predicted octanol–water partition coefficient (Wildman–Crippen LogP) is 2.86. The summed E-state index contributed by atoms with van der Waals surface area (Å²) in [5.41, 5.74) is 0.707. The van der Waals surface area contributed by atoms with Gasteiger partial charge in [-0.2, -0.15) is 0 Å². The summed E-state index contributed by atoms with van der Waals surface area (Å²) in [6.07, 6.45) is 7.24. The van der Waals surface area contributed by atoms with E-state index in [4.69, 9.17) is 15.6 Å². The van der Waals surface area contributed by atoms with Crippen molar-refractivity contribution in [1.29, 1.82) is 0 Å². The second kappa shape index (κ2) is 8.06. The zero-order valence-electron chi connectivity index (χ0n) is 12.4. The lowest BCUT2D eigenvalue weighted by atomic mass is 10.2. The summed E-state index contributed by atoms with van der Waals surface area (Å²) in [7, 11) is 0. The van der Waals surface area contributed by atoms with Crippen molar-refractivity contribution in [3.8, 4) is 18.1 Å². The lowest BCUT2D eigenvalue weighted by molar-refractivity contribution is -0.131. The van der Waals surface area contributed by atoms with Crippen molar-refractivity contribution in [3.63, 3.8) is 0 Å². The number of thioether (sulfide) groups is 1. The third kappa shape index (κ3) is 4.90. The summed E-state index contributed by atoms with van der Waals surface area (Å²) in [6.45, 7) is 2.06. The van der Waals surface area contributed by atoms with Gasteiger partial charge in [0.05, 0.1) is 0 Å². The van der Waals surface area contributed by atoms with Gasteiger partial charge in [-0.1, -0.05) is 25.0 Å². The molecule has 1 aromatic carbocycles. The van der Waals surface area contributed by atoms with E-state index >= 15 is 0 Å². The Morgan fingerprint density at radius 3 is 2.74 bits per heavy atom. The molecule has 1 heterocycles. The van der Waals surface area contributed by atoms with Gasteiger partial charge in [-0.15, -0.1) is 16.6 Å². The average molecular weight is 330 g/mol. The molecule has 2 rings (SSSR count). The predicted molar refractivity (Wildman–Crippen MR) is 85.9 cm³/mol. The van der Waals surface area contributed by atoms with Gasteiger partial charge in [-0.25, -0.2) is 4.79 Å². The largest absolute Gasteiger partial charge is 0.481 e. The molecule has 2 aromatic rings. The van der Waals surface area contributed by atoms with Crippen LogP contribution < -0.4 is 4.74 Å². The van der Waals surface area contributed by atoms with E-state index in [0.29, 0.717) is 23.6 Å². The number of rotatable bonds is 7. The van der Waals surface area contributed by atoms with E-state index in [1.165, 1.54) is 6.08 Å². The molecule has 0 aliphatic heterocycles. The van der Waals surface area contributed by atoms with Crippen LogP contribution >= 0.6 is 11.8 Å². The molecule has 1 N–H and O–H groups in total. The molecule has 23 heavy (non-hydrogen) atoms. The van der Waals surface area contributed by atoms with Crippen LogP contribution in [0.1, 0.15) is 18.4 Å². The van der Waals surface area contributed by atoms with Crippen molar-refractivity contribution in [2.45, 2.75) is 18.6 Å². The van der Waals surface area contributed by atoms with Crippen LogP contribution in [0, 0.1) is 12.3 Å². The number of aryl methyl sites for hydroxylation is 1. The van der Waals surface area contributed by atoms with Crippen LogP contribution in [0.3, 0.4) is 0 Å². The third-order valence-electron chi connectivity index (χ3n) is 2.66. The topological polar surface area (TPSA) is 85.5 Å². The van der Waals surface area contributed by atoms with Crippen LogP contribution in [0.5, 0.6) is 5.75 Å². The van der Waals surface area contributed by atoms with Gasteiger partial charge in [-0.05, 0) is 35.5 Å². The molecule has 0 saturated carbocycles. The highest BCUT2D eigenvalue weighted by atomic mass is 32.2. The maximum atomic E-state index is 11.4. The molecule has 0 atom stereocenters. The minimum Gasteiger partial charge on any atom is -0.481 e. The summed E-state index contributed by atoms with van der Waals surface area (Å²) < 4.78 is 10.6. The second-order valence-corrected chi connectivity index (χ2v) is 5.29. The van der Waals surface area contributed by atoms with E-state index in [9.17, 15) is 9.90 Å². The molecule has 0 aliphatic carbocycles. The average Bonchev–Trinajstić information content (AvgIpc) is 3.01. The lowest BCUT2D eigenvalue weighted by Crippen LogP contribution is -1.97. The van der Waals surface area contributed by atoms with Crippen molar-refractivity contribution >= 4 is 23.8 Å². The van der Waals surface area contributed by atoms with E-state index in [1.807, 2.05) is 6.92 Å². The van der Waals surface area contributed by atoms with Gasteiger partial charge >= 0.3 is 5.97 Å². The summed E-state index contributed by atoms with van der Waals surface area (Å²) in [4.78, 5) is 11.4. The molecular formula is C16H14N2O4S. The second-order valence-electron chi connectivity index (χ2n) is 4.29. The summed E-state index contributed by atoms with van der Waals surface area (Å²) in [6, 6.07) is 6.91. The molecule has 7 heteroatoms. The minimum absolute atomic E-state index is 0.0774. The van der Waals surface area contributed by atoms with E-state index in [1.54, 1.807) is 24.3 Å². The maximum absolute atomic E-state index is 11.4. The fourth-order valence-corrected chi connectivity index (χ4v) is 2.28. The number of terminal acetylenes is 1. The van der Waals surface area contributed by atoms with Crippen LogP contribution in [0.4, 0.5) is 0 Å². The van der Waals surface area contributed by atoms with Gasteiger partial charge in [0.25, 0.3) is 5.22 Å². The smallest absolute Gasteiger partial charge is 0.342 e. The Kier molecular flexibility index (Phi) is 5.83. The number of ether oxygens (including phenoxy) is 1. The van der Waals surface area contributed by atoms with Crippen LogP contribution in [-0.4, -0.2) is 27.9 Å². The number of carboxylic acid groups (broad SMARTS) is 1. The van der Waals surface area contributed by atoms with E-state index < -0.39 is 5.97 Å². The van der Waals surface area contributed by atoms with Crippen LogP contribution in [0.25, 0.3) is 6.08 Å². The number of carbonyl (C=O) groups is 1. The van der Waals surface area contributed by atoms with E-state index in [-0.39, 0.29) is 16.7 Å². The van der Waals surface area contributed by atoms with Crippen LogP contribution in [0.15, 0.2) is 38.8 Å². The van der Waals surface area contributed by atoms with Gasteiger partial charge in [0, 0.05) is 6.42 Å². The third-order valence-corrected chi connectivity index (χ3v) is 3.51. The summed E-state index contributed by atoms with van der Waals surface area (Å²) >= 11 is 0.909. The molecule has 0 radical (unpaired) electrons. The Bertz CT molecular complexity index is 744. The highest BCUT2D eigenvalue weighted by Crippen LogP contribution is 2.28. The molecule has 0 saturated heterocycles. The number of hydrogen-bond donors (Lipinski definition) is 1. The standard InChI is InChI=1S/C16H14N2O4S/c1-3-9-21-12-7-5-11(6-8-12)10-13(15(19)20)23-16-18-17-14(4-2)22-16/h1,5-8,10H,4,9H2,2H3,(H,19,20)/b13-10-. The Morgan fingerprint density at radius 2 is 2.17 bits per heavy atom. The number of hydrogen-bond acceptors (Lipinski definition) is 6. The van der Waals surface area contributed by atoms with Gasteiger partial charge in [0.1, 0.15) is 17.3 Å². The van der Waals surface area contributed by atoms with E-state index in [2.05, 4.69) is 16.1 Å². The zero-order chi connectivity index (χ0) is 16.7. The molecule has 118 valence electrons. The summed E-state index contributed by atoms with van der Waals surface area (Å²) in [5.74, 6) is 2.39. The highest BCUT2D eigenvalue weighted by Gasteiger charge is 2.14. The molecule has 0 aliphatic rings. The Morgan fingerprint density at radius 1 is 1.43 bits per heavy atom. The van der Waals surface area contributed by atoms with Crippen molar-refractivity contribution < 1.29 is 19.1 Å². The molecular weight excluding hydrogens is 316 g/mol. The van der Waals surface area contributed by atoms with Crippen molar-refractivity contribution in [1.82, 2.24) is 10.2 Å². The molecule has 0 fully saturated rings. The first-order valence-electron chi connectivity index (χ1n) is 6.74. The van der Waals surface area contributed by atoms with Crippen molar-refractivity contribution in [2.24, 2.45) is 0 Å². The zero-order valence-corrected chi connectivity index (χ0v) is 13.2. The number of benzene rings is 1. The Balaban J connectivity index is 2.14. The molecule has 0 unspecified atom stereocenters. The van der Waals surface area contributed by atoms with Crippen LogP contribution in [0.2, 0.25) is 0 Å². The molecule has 1 aromatic heterocycles. The fraction of sp³-hybridized carbons (Fsp3) is 0.188. The van der Waals surface area contributed by atoms with Crippen molar-refractivity contribution in [2.75, 3.05) is 6.61 Å². The van der Waals surface area contributed by atoms with Gasteiger partial charge < -0.3 is 14.3 Å². The first-order valence-corrected chi connectivity index (χ1v) is 7.55. The number of aliphatic carboxylic acids is 1. The quantitative estimate of drug-likeness (QED) is 0.474. The molecule has 0 spiro atoms. The number of nitrogens with zero attached hydrogens (tertiary/aromatic N) is 2. The Hall–Kier alpha value is -2.72. The Labute approximate surface area is 137 Å². The van der Waals surface area contributed by atoms with Gasteiger partial charge in [0.2, 0.25) is 5.89 Å². The first kappa shape index (κ1) is 16.6. The fourth-order valence-electron chi connectivity index (χ4n) is 1.59. The number of carboxylic acids is 1. The summed E-state index contributed by atoms with van der Waals surface area (Å²) in [5, 5.41) is 17.1. The SMILES string of the molecule is C#CCOc1ccc(/C=C(\Sc2nnc(CC)o2)C(=O)O)cc1. The molecule has 0 amide bonds. The monoisotopic (exact) mass is 330 g/mol.